The minimum atomic E-state index is -0.174. The molecule has 0 saturated carbocycles. The molecule has 2 rings (SSSR count). The lowest BCUT2D eigenvalue weighted by Crippen LogP contribution is -2.26. The molecule has 0 fully saturated rings. The summed E-state index contributed by atoms with van der Waals surface area (Å²) in [4.78, 5) is 11.9. The standard InChI is InChI=1S/C13H13BrN2O2/c14-9-3-4-11(12(15)8-9)13(17)16-6-5-10-2-1-7-18-10/h1-4,7-8H,5-6,15H2,(H,16,17). The van der Waals surface area contributed by atoms with E-state index in [4.69, 9.17) is 10.2 Å². The number of nitrogen functional groups attached to an aromatic ring is 1. The Balaban J connectivity index is 1.91. The summed E-state index contributed by atoms with van der Waals surface area (Å²) in [5.41, 5.74) is 6.72. The van der Waals surface area contributed by atoms with Gasteiger partial charge in [0.25, 0.3) is 5.91 Å². The number of rotatable bonds is 4. The van der Waals surface area contributed by atoms with Crippen LogP contribution in [-0.2, 0) is 6.42 Å². The van der Waals surface area contributed by atoms with E-state index in [1.165, 1.54) is 0 Å². The van der Waals surface area contributed by atoms with E-state index in [1.807, 2.05) is 12.1 Å². The zero-order valence-electron chi connectivity index (χ0n) is 9.65. The van der Waals surface area contributed by atoms with Crippen LogP contribution in [0.5, 0.6) is 0 Å². The fourth-order valence-corrected chi connectivity index (χ4v) is 1.97. The monoisotopic (exact) mass is 308 g/mol. The van der Waals surface area contributed by atoms with Crippen LogP contribution >= 0.6 is 15.9 Å². The van der Waals surface area contributed by atoms with Crippen molar-refractivity contribution in [2.45, 2.75) is 6.42 Å². The summed E-state index contributed by atoms with van der Waals surface area (Å²) in [6.07, 6.45) is 2.28. The lowest BCUT2D eigenvalue weighted by molar-refractivity contribution is 0.0954. The highest BCUT2D eigenvalue weighted by atomic mass is 79.9. The molecule has 3 N–H and O–H groups in total. The number of benzene rings is 1. The van der Waals surface area contributed by atoms with Crippen molar-refractivity contribution in [1.29, 1.82) is 0 Å². The first kappa shape index (κ1) is 12.7. The van der Waals surface area contributed by atoms with Gasteiger partial charge in [0.2, 0.25) is 0 Å². The summed E-state index contributed by atoms with van der Waals surface area (Å²) in [5, 5.41) is 2.80. The van der Waals surface area contributed by atoms with Crippen LogP contribution in [0.2, 0.25) is 0 Å². The predicted molar refractivity (Wildman–Crippen MR) is 73.3 cm³/mol. The molecule has 0 aliphatic heterocycles. The third-order valence-electron chi connectivity index (χ3n) is 2.50. The number of furan rings is 1. The van der Waals surface area contributed by atoms with Crippen LogP contribution in [-0.4, -0.2) is 12.5 Å². The molecule has 0 bridgehead atoms. The molecule has 1 aromatic heterocycles. The van der Waals surface area contributed by atoms with E-state index in [1.54, 1.807) is 24.5 Å². The molecule has 0 unspecified atom stereocenters. The molecule has 0 aliphatic rings. The molecular formula is C13H13BrN2O2. The number of hydrogen-bond donors (Lipinski definition) is 2. The van der Waals surface area contributed by atoms with Gasteiger partial charge in [0.15, 0.2) is 0 Å². The minimum absolute atomic E-state index is 0.174. The number of carbonyl (C=O) groups excluding carboxylic acids is 1. The Labute approximate surface area is 113 Å². The average molecular weight is 309 g/mol. The van der Waals surface area contributed by atoms with Crippen LogP contribution in [0.3, 0.4) is 0 Å². The van der Waals surface area contributed by atoms with Gasteiger partial charge in [-0.15, -0.1) is 0 Å². The molecular weight excluding hydrogens is 296 g/mol. The highest BCUT2D eigenvalue weighted by Gasteiger charge is 2.09. The molecule has 0 atom stereocenters. The fourth-order valence-electron chi connectivity index (χ4n) is 1.59. The topological polar surface area (TPSA) is 68.3 Å². The van der Waals surface area contributed by atoms with Gasteiger partial charge in [0.05, 0.1) is 11.8 Å². The van der Waals surface area contributed by atoms with Crippen molar-refractivity contribution in [2.75, 3.05) is 12.3 Å². The second-order valence-electron chi connectivity index (χ2n) is 3.82. The van der Waals surface area contributed by atoms with E-state index in [0.717, 1.165) is 10.2 Å². The number of nitrogens with one attached hydrogen (secondary N) is 1. The van der Waals surface area contributed by atoms with Gasteiger partial charge in [-0.25, -0.2) is 0 Å². The molecule has 1 amide bonds. The summed E-state index contributed by atoms with van der Waals surface area (Å²) in [6.45, 7) is 0.516. The van der Waals surface area contributed by atoms with Crippen LogP contribution < -0.4 is 11.1 Å². The SMILES string of the molecule is Nc1cc(Br)ccc1C(=O)NCCc1ccco1. The molecule has 0 radical (unpaired) electrons. The van der Waals surface area contributed by atoms with E-state index in [9.17, 15) is 4.79 Å². The summed E-state index contributed by atoms with van der Waals surface area (Å²) >= 11 is 3.30. The van der Waals surface area contributed by atoms with E-state index in [0.29, 0.717) is 24.2 Å². The Morgan fingerprint density at radius 2 is 2.22 bits per heavy atom. The smallest absolute Gasteiger partial charge is 0.253 e. The molecule has 94 valence electrons. The first-order valence-corrected chi connectivity index (χ1v) is 6.32. The Kier molecular flexibility index (Phi) is 4.04. The predicted octanol–water partition coefficient (Wildman–Crippen LogP) is 2.60. The van der Waals surface area contributed by atoms with Crippen LogP contribution in [0.25, 0.3) is 0 Å². The van der Waals surface area contributed by atoms with Gasteiger partial charge < -0.3 is 15.5 Å². The number of anilines is 1. The number of nitrogens with two attached hydrogens (primary N) is 1. The van der Waals surface area contributed by atoms with Crippen LogP contribution in [0, 0.1) is 0 Å². The molecule has 5 heteroatoms. The summed E-state index contributed by atoms with van der Waals surface area (Å²) < 4.78 is 6.03. The summed E-state index contributed by atoms with van der Waals surface area (Å²) in [5.74, 6) is 0.672. The molecule has 0 aliphatic carbocycles. The van der Waals surface area contributed by atoms with Crippen molar-refractivity contribution in [3.63, 3.8) is 0 Å². The number of hydrogen-bond acceptors (Lipinski definition) is 3. The lowest BCUT2D eigenvalue weighted by Gasteiger charge is -2.07. The van der Waals surface area contributed by atoms with Gasteiger partial charge in [-0.2, -0.15) is 0 Å². The van der Waals surface area contributed by atoms with Crippen LogP contribution in [0.1, 0.15) is 16.1 Å². The van der Waals surface area contributed by atoms with Gasteiger partial charge in [-0.3, -0.25) is 4.79 Å². The largest absolute Gasteiger partial charge is 0.469 e. The van der Waals surface area contributed by atoms with Crippen molar-refractivity contribution in [3.8, 4) is 0 Å². The first-order valence-electron chi connectivity index (χ1n) is 5.52. The van der Waals surface area contributed by atoms with E-state index in [-0.39, 0.29) is 5.91 Å². The third kappa shape index (κ3) is 3.13. The van der Waals surface area contributed by atoms with Crippen molar-refractivity contribution in [2.24, 2.45) is 0 Å². The molecule has 0 spiro atoms. The van der Waals surface area contributed by atoms with Gasteiger partial charge >= 0.3 is 0 Å². The van der Waals surface area contributed by atoms with Crippen molar-refractivity contribution in [1.82, 2.24) is 5.32 Å². The maximum absolute atomic E-state index is 11.9. The van der Waals surface area contributed by atoms with Crippen molar-refractivity contribution in [3.05, 3.63) is 52.4 Å². The maximum Gasteiger partial charge on any atom is 0.253 e. The zero-order chi connectivity index (χ0) is 13.0. The fraction of sp³-hybridized carbons (Fsp3) is 0.154. The van der Waals surface area contributed by atoms with Crippen LogP contribution in [0.15, 0.2) is 45.5 Å². The number of carbonyl (C=O) groups is 1. The second kappa shape index (κ2) is 5.73. The average Bonchev–Trinajstić information content (AvgIpc) is 2.81. The Bertz CT molecular complexity index is 538. The normalized spacial score (nSPS) is 10.3. The van der Waals surface area contributed by atoms with E-state index in [2.05, 4.69) is 21.2 Å². The molecule has 4 nitrogen and oxygen atoms in total. The van der Waals surface area contributed by atoms with Crippen LogP contribution in [0.4, 0.5) is 5.69 Å². The Morgan fingerprint density at radius 3 is 2.89 bits per heavy atom. The van der Waals surface area contributed by atoms with E-state index >= 15 is 0 Å². The number of halogens is 1. The summed E-state index contributed by atoms with van der Waals surface area (Å²) in [7, 11) is 0. The Morgan fingerprint density at radius 1 is 1.39 bits per heavy atom. The van der Waals surface area contributed by atoms with Gasteiger partial charge in [0.1, 0.15) is 5.76 Å². The van der Waals surface area contributed by atoms with E-state index < -0.39 is 0 Å². The third-order valence-corrected chi connectivity index (χ3v) is 2.99. The second-order valence-corrected chi connectivity index (χ2v) is 4.73. The minimum Gasteiger partial charge on any atom is -0.469 e. The molecule has 1 heterocycles. The molecule has 1 aromatic carbocycles. The van der Waals surface area contributed by atoms with Crippen molar-refractivity contribution < 1.29 is 9.21 Å². The molecule has 0 saturated heterocycles. The number of amides is 1. The first-order chi connectivity index (χ1) is 8.66. The maximum atomic E-state index is 11.9. The molecule has 18 heavy (non-hydrogen) atoms. The van der Waals surface area contributed by atoms with Crippen molar-refractivity contribution >= 4 is 27.5 Å². The highest BCUT2D eigenvalue weighted by Crippen LogP contribution is 2.18. The van der Waals surface area contributed by atoms with Gasteiger partial charge in [-0.1, -0.05) is 15.9 Å². The van der Waals surface area contributed by atoms with Gasteiger partial charge in [0, 0.05) is 23.1 Å². The highest BCUT2D eigenvalue weighted by molar-refractivity contribution is 9.10. The molecule has 2 aromatic rings. The zero-order valence-corrected chi connectivity index (χ0v) is 11.2. The lowest BCUT2D eigenvalue weighted by atomic mass is 10.1. The van der Waals surface area contributed by atoms with Gasteiger partial charge in [-0.05, 0) is 30.3 Å². The Hall–Kier alpha value is -1.75. The summed E-state index contributed by atoms with van der Waals surface area (Å²) in [6, 6.07) is 8.89. The quantitative estimate of drug-likeness (QED) is 0.853.